The number of halogens is 2. The van der Waals surface area contributed by atoms with Gasteiger partial charge in [-0.25, -0.2) is 4.39 Å². The summed E-state index contributed by atoms with van der Waals surface area (Å²) >= 11 is 6.25. The van der Waals surface area contributed by atoms with E-state index in [1.54, 1.807) is 18.3 Å². The standard InChI is InChI=1S/C15H19ClFN3/c1-10(2)20-15(12(16)9-19-20)14(18-3)8-11-6-4-5-7-13(11)17/h4-7,9-10,14,18H,8H2,1-3H3. The van der Waals surface area contributed by atoms with Gasteiger partial charge >= 0.3 is 0 Å². The van der Waals surface area contributed by atoms with E-state index in [0.29, 0.717) is 17.0 Å². The first kappa shape index (κ1) is 15.0. The van der Waals surface area contributed by atoms with Gasteiger partial charge in [-0.1, -0.05) is 29.8 Å². The second-order valence-electron chi connectivity index (χ2n) is 5.05. The van der Waals surface area contributed by atoms with Gasteiger partial charge in [0.1, 0.15) is 5.82 Å². The zero-order chi connectivity index (χ0) is 14.7. The quantitative estimate of drug-likeness (QED) is 0.910. The largest absolute Gasteiger partial charge is 0.311 e. The molecule has 0 aliphatic carbocycles. The summed E-state index contributed by atoms with van der Waals surface area (Å²) < 4.78 is 15.7. The van der Waals surface area contributed by atoms with Crippen molar-refractivity contribution in [2.75, 3.05) is 7.05 Å². The molecule has 1 unspecified atom stereocenters. The average Bonchev–Trinajstić information content (AvgIpc) is 2.80. The maximum atomic E-state index is 13.8. The van der Waals surface area contributed by atoms with Crippen LogP contribution < -0.4 is 5.32 Å². The van der Waals surface area contributed by atoms with Gasteiger partial charge in [-0.05, 0) is 38.9 Å². The van der Waals surface area contributed by atoms with Crippen LogP contribution in [0.2, 0.25) is 5.02 Å². The van der Waals surface area contributed by atoms with Gasteiger partial charge in [-0.2, -0.15) is 5.10 Å². The predicted octanol–water partition coefficient (Wildman–Crippen LogP) is 3.76. The lowest BCUT2D eigenvalue weighted by Gasteiger charge is -2.21. The van der Waals surface area contributed by atoms with Gasteiger partial charge in [0.25, 0.3) is 0 Å². The van der Waals surface area contributed by atoms with Gasteiger partial charge in [-0.15, -0.1) is 0 Å². The summed E-state index contributed by atoms with van der Waals surface area (Å²) in [4.78, 5) is 0. The highest BCUT2D eigenvalue weighted by atomic mass is 35.5. The van der Waals surface area contributed by atoms with Gasteiger partial charge in [0.15, 0.2) is 0 Å². The van der Waals surface area contributed by atoms with E-state index in [2.05, 4.69) is 10.4 Å². The molecule has 3 nitrogen and oxygen atoms in total. The molecule has 1 aromatic heterocycles. The second-order valence-corrected chi connectivity index (χ2v) is 5.46. The zero-order valence-electron chi connectivity index (χ0n) is 11.9. The molecular formula is C15H19ClFN3. The number of rotatable bonds is 5. The fourth-order valence-corrected chi connectivity index (χ4v) is 2.57. The van der Waals surface area contributed by atoms with Crippen molar-refractivity contribution in [3.63, 3.8) is 0 Å². The Labute approximate surface area is 123 Å². The van der Waals surface area contributed by atoms with Gasteiger partial charge in [0, 0.05) is 6.04 Å². The minimum atomic E-state index is -0.195. The number of hydrogen-bond acceptors (Lipinski definition) is 2. The fraction of sp³-hybridized carbons (Fsp3) is 0.400. The molecule has 20 heavy (non-hydrogen) atoms. The van der Waals surface area contributed by atoms with Crippen molar-refractivity contribution < 1.29 is 4.39 Å². The first-order valence-electron chi connectivity index (χ1n) is 6.68. The van der Waals surface area contributed by atoms with Crippen LogP contribution in [0.25, 0.3) is 0 Å². The van der Waals surface area contributed by atoms with Crippen molar-refractivity contribution in [1.82, 2.24) is 15.1 Å². The number of nitrogens with one attached hydrogen (secondary N) is 1. The SMILES string of the molecule is CNC(Cc1ccccc1F)c1c(Cl)cnn1C(C)C. The van der Waals surface area contributed by atoms with Gasteiger partial charge < -0.3 is 5.32 Å². The highest BCUT2D eigenvalue weighted by Gasteiger charge is 2.21. The molecule has 1 heterocycles. The van der Waals surface area contributed by atoms with E-state index < -0.39 is 0 Å². The lowest BCUT2D eigenvalue weighted by atomic mass is 10.0. The number of nitrogens with zero attached hydrogens (tertiary/aromatic N) is 2. The van der Waals surface area contributed by atoms with Crippen molar-refractivity contribution in [2.24, 2.45) is 0 Å². The zero-order valence-corrected chi connectivity index (χ0v) is 12.7. The Morgan fingerprint density at radius 3 is 2.65 bits per heavy atom. The van der Waals surface area contributed by atoms with E-state index in [9.17, 15) is 4.39 Å². The number of benzene rings is 1. The molecule has 0 bridgehead atoms. The molecule has 0 aliphatic rings. The van der Waals surface area contributed by atoms with E-state index in [1.165, 1.54) is 6.07 Å². The Hall–Kier alpha value is -1.39. The Morgan fingerprint density at radius 1 is 1.35 bits per heavy atom. The Kier molecular flexibility index (Phi) is 4.78. The summed E-state index contributed by atoms with van der Waals surface area (Å²) in [5, 5.41) is 8.11. The smallest absolute Gasteiger partial charge is 0.126 e. The van der Waals surface area contributed by atoms with Crippen molar-refractivity contribution >= 4 is 11.6 Å². The fourth-order valence-electron chi connectivity index (χ4n) is 2.31. The highest BCUT2D eigenvalue weighted by molar-refractivity contribution is 6.31. The van der Waals surface area contributed by atoms with E-state index in [4.69, 9.17) is 11.6 Å². The van der Waals surface area contributed by atoms with Crippen LogP contribution in [-0.4, -0.2) is 16.8 Å². The summed E-state index contributed by atoms with van der Waals surface area (Å²) in [6.45, 7) is 4.09. The minimum absolute atomic E-state index is 0.0794. The van der Waals surface area contributed by atoms with Gasteiger partial charge in [-0.3, -0.25) is 4.68 Å². The molecule has 0 fully saturated rings. The van der Waals surface area contributed by atoms with E-state index in [0.717, 1.165) is 5.69 Å². The molecule has 1 N–H and O–H groups in total. The molecule has 5 heteroatoms. The van der Waals surface area contributed by atoms with Gasteiger partial charge in [0.05, 0.1) is 23.0 Å². The summed E-state index contributed by atoms with van der Waals surface area (Å²) in [7, 11) is 1.85. The Bertz CT molecular complexity index is 580. The Balaban J connectivity index is 2.34. The molecule has 0 spiro atoms. The van der Waals surface area contributed by atoms with Crippen molar-refractivity contribution in [3.8, 4) is 0 Å². The molecule has 0 saturated carbocycles. The van der Waals surface area contributed by atoms with E-state index >= 15 is 0 Å². The van der Waals surface area contributed by atoms with Crippen LogP contribution in [0.15, 0.2) is 30.5 Å². The van der Waals surface area contributed by atoms with Crippen LogP contribution in [0.1, 0.15) is 37.2 Å². The summed E-state index contributed by atoms with van der Waals surface area (Å²) in [6.07, 6.45) is 2.17. The van der Waals surface area contributed by atoms with Crippen LogP contribution in [0.3, 0.4) is 0 Å². The van der Waals surface area contributed by atoms with Crippen LogP contribution >= 0.6 is 11.6 Å². The monoisotopic (exact) mass is 295 g/mol. The molecular weight excluding hydrogens is 277 g/mol. The molecule has 0 radical (unpaired) electrons. The summed E-state index contributed by atoms with van der Waals surface area (Å²) in [5.41, 5.74) is 1.56. The molecule has 2 rings (SSSR count). The van der Waals surface area contributed by atoms with Gasteiger partial charge in [0.2, 0.25) is 0 Å². The lowest BCUT2D eigenvalue weighted by Crippen LogP contribution is -2.24. The molecule has 2 aromatic rings. The maximum Gasteiger partial charge on any atom is 0.126 e. The third-order valence-electron chi connectivity index (χ3n) is 3.34. The third-order valence-corrected chi connectivity index (χ3v) is 3.63. The van der Waals surface area contributed by atoms with Crippen LogP contribution in [-0.2, 0) is 6.42 Å². The summed E-state index contributed by atoms with van der Waals surface area (Å²) in [6, 6.07) is 6.93. The number of hydrogen-bond donors (Lipinski definition) is 1. The van der Waals surface area contributed by atoms with Crippen LogP contribution in [0.4, 0.5) is 4.39 Å². The summed E-state index contributed by atoms with van der Waals surface area (Å²) in [5.74, 6) is -0.195. The van der Waals surface area contributed by atoms with Crippen LogP contribution in [0, 0.1) is 5.82 Å². The molecule has 1 aromatic carbocycles. The van der Waals surface area contributed by atoms with E-state index in [-0.39, 0.29) is 17.9 Å². The Morgan fingerprint density at radius 2 is 2.05 bits per heavy atom. The predicted molar refractivity (Wildman–Crippen MR) is 79.5 cm³/mol. The molecule has 0 amide bonds. The van der Waals surface area contributed by atoms with Crippen LogP contribution in [0.5, 0.6) is 0 Å². The molecule has 1 atom stereocenters. The van der Waals surface area contributed by atoms with E-state index in [1.807, 2.05) is 31.6 Å². The normalized spacial score (nSPS) is 12.9. The maximum absolute atomic E-state index is 13.8. The topological polar surface area (TPSA) is 29.9 Å². The molecule has 0 saturated heterocycles. The minimum Gasteiger partial charge on any atom is -0.311 e. The third kappa shape index (κ3) is 3.02. The van der Waals surface area contributed by atoms with Crippen molar-refractivity contribution in [2.45, 2.75) is 32.4 Å². The highest BCUT2D eigenvalue weighted by Crippen LogP contribution is 2.28. The van der Waals surface area contributed by atoms with Crippen molar-refractivity contribution in [3.05, 3.63) is 52.6 Å². The first-order chi connectivity index (χ1) is 9.54. The lowest BCUT2D eigenvalue weighted by molar-refractivity contribution is 0.455. The number of likely N-dealkylation sites (N-methyl/N-ethyl adjacent to an activating group) is 1. The first-order valence-corrected chi connectivity index (χ1v) is 7.06. The average molecular weight is 296 g/mol. The number of aromatic nitrogens is 2. The second kappa shape index (κ2) is 6.37. The van der Waals surface area contributed by atoms with Crippen molar-refractivity contribution in [1.29, 1.82) is 0 Å². The molecule has 108 valence electrons. The molecule has 0 aliphatic heterocycles.